The van der Waals surface area contributed by atoms with Crippen LogP contribution in [0.4, 0.5) is 24.7 Å². The molecule has 1 amide bonds. The van der Waals surface area contributed by atoms with Crippen LogP contribution < -0.4 is 10.2 Å². The summed E-state index contributed by atoms with van der Waals surface area (Å²) in [5.41, 5.74) is 0.861. The fourth-order valence-electron chi connectivity index (χ4n) is 3.20. The largest absolute Gasteiger partial charge is 0.408 e. The summed E-state index contributed by atoms with van der Waals surface area (Å²) in [6, 6.07) is 3.26. The van der Waals surface area contributed by atoms with E-state index in [4.69, 9.17) is 0 Å². The van der Waals surface area contributed by atoms with Crippen LogP contribution in [-0.4, -0.2) is 44.3 Å². The molecule has 0 saturated carbocycles. The van der Waals surface area contributed by atoms with Crippen molar-refractivity contribution in [2.75, 3.05) is 16.8 Å². The van der Waals surface area contributed by atoms with Crippen molar-refractivity contribution in [2.45, 2.75) is 25.1 Å². The van der Waals surface area contributed by atoms with Crippen LogP contribution in [0.2, 0.25) is 0 Å². The third-order valence-electron chi connectivity index (χ3n) is 4.44. The van der Waals surface area contributed by atoms with Gasteiger partial charge in [-0.15, -0.1) is 0 Å². The van der Waals surface area contributed by atoms with E-state index in [9.17, 15) is 18.0 Å². The Morgan fingerprint density at radius 1 is 1.26 bits per heavy atom. The number of hydrogen-bond donors (Lipinski definition) is 1. The Morgan fingerprint density at radius 3 is 2.85 bits per heavy atom. The highest BCUT2D eigenvalue weighted by Crippen LogP contribution is 2.35. The summed E-state index contributed by atoms with van der Waals surface area (Å²) >= 11 is 0. The van der Waals surface area contributed by atoms with Crippen molar-refractivity contribution >= 4 is 23.1 Å². The number of halogens is 3. The van der Waals surface area contributed by atoms with E-state index in [-0.39, 0.29) is 30.0 Å². The quantitative estimate of drug-likeness (QED) is 0.761. The van der Waals surface area contributed by atoms with E-state index in [1.165, 1.54) is 34.1 Å². The number of pyridine rings is 1. The first-order valence-electron chi connectivity index (χ1n) is 8.32. The number of aromatic nitrogens is 4. The second kappa shape index (κ2) is 6.53. The van der Waals surface area contributed by atoms with Crippen LogP contribution in [0, 0.1) is 0 Å². The molecular formula is C17H15F3N6O. The maximum absolute atomic E-state index is 13.2. The van der Waals surface area contributed by atoms with Gasteiger partial charge >= 0.3 is 6.18 Å². The number of carbonyl (C=O) groups is 1. The lowest BCUT2D eigenvalue weighted by atomic mass is 10.2. The standard InChI is InChI=1S/C17H15F3N6O/c18-17(19,20)13-4-2-7-25(13)14-5-8-26-15(24-14)12(10-22-26)16(27)23-11-3-1-6-21-9-11/h1,3,5-6,8-10,13H,2,4,7H2,(H,23,27). The predicted molar refractivity (Wildman–Crippen MR) is 91.6 cm³/mol. The van der Waals surface area contributed by atoms with Gasteiger partial charge in [0.15, 0.2) is 5.65 Å². The van der Waals surface area contributed by atoms with Crippen molar-refractivity contribution in [1.82, 2.24) is 19.6 Å². The van der Waals surface area contributed by atoms with Gasteiger partial charge in [-0.1, -0.05) is 0 Å². The number of anilines is 2. The number of carbonyl (C=O) groups excluding carboxylic acids is 1. The van der Waals surface area contributed by atoms with E-state index >= 15 is 0 Å². The van der Waals surface area contributed by atoms with Crippen LogP contribution in [0.5, 0.6) is 0 Å². The Labute approximate surface area is 151 Å². The Hall–Kier alpha value is -3.17. The molecule has 0 spiro atoms. The Balaban J connectivity index is 1.66. The van der Waals surface area contributed by atoms with E-state index in [0.29, 0.717) is 12.1 Å². The lowest BCUT2D eigenvalue weighted by Crippen LogP contribution is -2.41. The molecule has 7 nitrogen and oxygen atoms in total. The smallest absolute Gasteiger partial charge is 0.344 e. The Bertz CT molecular complexity index is 972. The van der Waals surface area contributed by atoms with Crippen molar-refractivity contribution in [2.24, 2.45) is 0 Å². The monoisotopic (exact) mass is 376 g/mol. The van der Waals surface area contributed by atoms with Crippen molar-refractivity contribution in [1.29, 1.82) is 0 Å². The number of fused-ring (bicyclic) bond motifs is 1. The Morgan fingerprint density at radius 2 is 2.11 bits per heavy atom. The summed E-state index contributed by atoms with van der Waals surface area (Å²) in [5.74, 6) is -0.283. The first-order chi connectivity index (χ1) is 12.9. The molecule has 4 rings (SSSR count). The van der Waals surface area contributed by atoms with Gasteiger partial charge in [0.2, 0.25) is 0 Å². The molecule has 1 aliphatic rings. The number of hydrogen-bond acceptors (Lipinski definition) is 5. The van der Waals surface area contributed by atoms with E-state index in [2.05, 4.69) is 20.4 Å². The lowest BCUT2D eigenvalue weighted by molar-refractivity contribution is -0.146. The van der Waals surface area contributed by atoms with Gasteiger partial charge in [0.05, 0.1) is 18.1 Å². The van der Waals surface area contributed by atoms with Gasteiger partial charge in [-0.25, -0.2) is 9.50 Å². The summed E-state index contributed by atoms with van der Waals surface area (Å²) in [7, 11) is 0. The molecule has 4 heterocycles. The number of amides is 1. The molecule has 1 atom stereocenters. The minimum Gasteiger partial charge on any atom is -0.344 e. The molecule has 1 saturated heterocycles. The highest BCUT2D eigenvalue weighted by Gasteiger charge is 2.46. The SMILES string of the molecule is O=C(Nc1cccnc1)c1cnn2ccc(N3CCCC3C(F)(F)F)nc12. The van der Waals surface area contributed by atoms with E-state index in [1.807, 2.05) is 0 Å². The minimum absolute atomic E-state index is 0.0317. The van der Waals surface area contributed by atoms with Crippen LogP contribution in [0.3, 0.4) is 0 Å². The van der Waals surface area contributed by atoms with Gasteiger partial charge in [0, 0.05) is 18.9 Å². The summed E-state index contributed by atoms with van der Waals surface area (Å²) in [5, 5.41) is 6.72. The van der Waals surface area contributed by atoms with Crippen molar-refractivity contribution in [3.8, 4) is 0 Å². The average Bonchev–Trinajstić information content (AvgIpc) is 3.29. The molecular weight excluding hydrogens is 361 g/mol. The molecule has 27 heavy (non-hydrogen) atoms. The van der Waals surface area contributed by atoms with Crippen LogP contribution in [-0.2, 0) is 0 Å². The van der Waals surface area contributed by atoms with Crippen molar-refractivity contribution in [3.63, 3.8) is 0 Å². The minimum atomic E-state index is -4.33. The molecule has 1 fully saturated rings. The predicted octanol–water partition coefficient (Wildman–Crippen LogP) is 2.91. The van der Waals surface area contributed by atoms with Crippen LogP contribution >= 0.6 is 0 Å². The molecule has 1 aliphatic heterocycles. The number of alkyl halides is 3. The fraction of sp³-hybridized carbons (Fsp3) is 0.294. The van der Waals surface area contributed by atoms with Gasteiger partial charge in [-0.2, -0.15) is 18.3 Å². The molecule has 0 radical (unpaired) electrons. The highest BCUT2D eigenvalue weighted by molar-refractivity contribution is 6.08. The molecule has 10 heteroatoms. The van der Waals surface area contributed by atoms with Crippen LogP contribution in [0.1, 0.15) is 23.2 Å². The van der Waals surface area contributed by atoms with Crippen LogP contribution in [0.25, 0.3) is 5.65 Å². The zero-order valence-electron chi connectivity index (χ0n) is 14.0. The van der Waals surface area contributed by atoms with Gasteiger partial charge in [-0.3, -0.25) is 9.78 Å². The van der Waals surface area contributed by atoms with Gasteiger partial charge in [0.1, 0.15) is 17.4 Å². The maximum Gasteiger partial charge on any atom is 0.408 e. The van der Waals surface area contributed by atoms with Gasteiger partial charge in [0.25, 0.3) is 5.91 Å². The average molecular weight is 376 g/mol. The molecule has 1 unspecified atom stereocenters. The molecule has 140 valence electrons. The summed E-state index contributed by atoms with van der Waals surface area (Å²) in [6.07, 6.45) is 2.04. The van der Waals surface area contributed by atoms with E-state index in [0.717, 1.165) is 0 Å². The summed E-state index contributed by atoms with van der Waals surface area (Å²) in [4.78, 5) is 22.0. The molecule has 0 bridgehead atoms. The summed E-state index contributed by atoms with van der Waals surface area (Å²) < 4.78 is 41.1. The first-order valence-corrected chi connectivity index (χ1v) is 8.32. The second-order valence-electron chi connectivity index (χ2n) is 6.20. The fourth-order valence-corrected chi connectivity index (χ4v) is 3.20. The number of nitrogens with one attached hydrogen (secondary N) is 1. The maximum atomic E-state index is 13.2. The molecule has 3 aromatic heterocycles. The number of rotatable bonds is 3. The Kier molecular flexibility index (Phi) is 4.17. The topological polar surface area (TPSA) is 75.4 Å². The van der Waals surface area contributed by atoms with E-state index in [1.54, 1.807) is 18.3 Å². The zero-order chi connectivity index (χ0) is 19.0. The van der Waals surface area contributed by atoms with Gasteiger partial charge in [-0.05, 0) is 31.0 Å². The van der Waals surface area contributed by atoms with Crippen molar-refractivity contribution in [3.05, 3.63) is 48.5 Å². The van der Waals surface area contributed by atoms with Gasteiger partial charge < -0.3 is 10.2 Å². The number of nitrogens with zero attached hydrogens (tertiary/aromatic N) is 5. The molecule has 3 aromatic rings. The third-order valence-corrected chi connectivity index (χ3v) is 4.44. The van der Waals surface area contributed by atoms with Crippen molar-refractivity contribution < 1.29 is 18.0 Å². The second-order valence-corrected chi connectivity index (χ2v) is 6.20. The highest BCUT2D eigenvalue weighted by atomic mass is 19.4. The molecule has 0 aliphatic carbocycles. The normalized spacial score (nSPS) is 17.4. The van der Waals surface area contributed by atoms with E-state index < -0.39 is 18.1 Å². The molecule has 0 aromatic carbocycles. The first kappa shape index (κ1) is 17.3. The molecule has 1 N–H and O–H groups in total. The lowest BCUT2D eigenvalue weighted by Gasteiger charge is -2.27. The summed E-state index contributed by atoms with van der Waals surface area (Å²) in [6.45, 7) is 0.263. The third kappa shape index (κ3) is 3.29. The zero-order valence-corrected chi connectivity index (χ0v) is 14.0. The van der Waals surface area contributed by atoms with Crippen LogP contribution in [0.15, 0.2) is 43.0 Å².